The van der Waals surface area contributed by atoms with Crippen molar-refractivity contribution < 1.29 is 9.18 Å². The van der Waals surface area contributed by atoms with Gasteiger partial charge in [0.2, 0.25) is 0 Å². The highest BCUT2D eigenvalue weighted by molar-refractivity contribution is 6.04. The van der Waals surface area contributed by atoms with Gasteiger partial charge in [0.15, 0.2) is 0 Å². The quantitative estimate of drug-likeness (QED) is 0.802. The van der Waals surface area contributed by atoms with Crippen LogP contribution in [0.2, 0.25) is 0 Å². The summed E-state index contributed by atoms with van der Waals surface area (Å²) in [7, 11) is 0. The molecule has 0 aliphatic carbocycles. The summed E-state index contributed by atoms with van der Waals surface area (Å²) in [5, 5.41) is 2.66. The first-order valence-corrected chi connectivity index (χ1v) is 5.32. The van der Waals surface area contributed by atoms with Crippen molar-refractivity contribution in [2.75, 3.05) is 5.32 Å². The molecule has 2 nitrogen and oxygen atoms in total. The Hall–Kier alpha value is -2.60. The fourth-order valence-corrected chi connectivity index (χ4v) is 1.52. The summed E-state index contributed by atoms with van der Waals surface area (Å²) in [4.78, 5) is 11.8. The molecule has 0 radical (unpaired) electrons. The Morgan fingerprint density at radius 1 is 1.17 bits per heavy atom. The van der Waals surface area contributed by atoms with Crippen molar-refractivity contribution in [3.63, 3.8) is 0 Å². The Balaban J connectivity index is 2.19. The Kier molecular flexibility index (Phi) is 3.40. The summed E-state index contributed by atoms with van der Waals surface area (Å²) >= 11 is 0. The highest BCUT2D eigenvalue weighted by Gasteiger charge is 2.06. The van der Waals surface area contributed by atoms with E-state index in [0.717, 1.165) is 0 Å². The van der Waals surface area contributed by atoms with Gasteiger partial charge in [-0.3, -0.25) is 4.79 Å². The van der Waals surface area contributed by atoms with Crippen molar-refractivity contribution in [2.45, 2.75) is 0 Å². The highest BCUT2D eigenvalue weighted by Crippen LogP contribution is 2.12. The Labute approximate surface area is 104 Å². The van der Waals surface area contributed by atoms with E-state index in [1.807, 2.05) is 0 Å². The minimum atomic E-state index is -0.444. The van der Waals surface area contributed by atoms with Crippen molar-refractivity contribution >= 4 is 11.6 Å². The fraction of sp³-hybridized carbons (Fsp3) is 0. The molecule has 3 heteroatoms. The van der Waals surface area contributed by atoms with E-state index in [1.165, 1.54) is 18.2 Å². The zero-order chi connectivity index (χ0) is 13.0. The number of benzene rings is 2. The number of carbonyl (C=O) groups excluding carboxylic acids is 1. The zero-order valence-electron chi connectivity index (χ0n) is 9.48. The van der Waals surface area contributed by atoms with Crippen LogP contribution in [-0.2, 0) is 0 Å². The molecule has 2 aromatic rings. The second kappa shape index (κ2) is 5.15. The van der Waals surface area contributed by atoms with Crippen LogP contribution in [0.1, 0.15) is 15.9 Å². The van der Waals surface area contributed by atoms with E-state index in [1.54, 1.807) is 30.3 Å². The molecule has 0 spiro atoms. The van der Waals surface area contributed by atoms with Gasteiger partial charge >= 0.3 is 0 Å². The van der Waals surface area contributed by atoms with E-state index in [-0.39, 0.29) is 11.5 Å². The lowest BCUT2D eigenvalue weighted by Crippen LogP contribution is -2.12. The van der Waals surface area contributed by atoms with E-state index in [0.29, 0.717) is 11.3 Å². The summed E-state index contributed by atoms with van der Waals surface area (Å²) in [6.07, 6.45) is 5.27. The van der Waals surface area contributed by atoms with Gasteiger partial charge in [-0.1, -0.05) is 18.1 Å². The molecule has 0 atom stereocenters. The largest absolute Gasteiger partial charge is 0.322 e. The molecule has 18 heavy (non-hydrogen) atoms. The predicted molar refractivity (Wildman–Crippen MR) is 68.7 cm³/mol. The Morgan fingerprint density at radius 2 is 1.94 bits per heavy atom. The van der Waals surface area contributed by atoms with Crippen LogP contribution in [0.4, 0.5) is 10.1 Å². The monoisotopic (exact) mass is 239 g/mol. The molecule has 88 valence electrons. The molecule has 0 saturated heterocycles. The van der Waals surface area contributed by atoms with Gasteiger partial charge in [-0.2, -0.15) is 0 Å². The first kappa shape index (κ1) is 11.9. The Morgan fingerprint density at radius 3 is 2.67 bits per heavy atom. The molecule has 0 heterocycles. The molecule has 1 amide bonds. The normalized spacial score (nSPS) is 9.56. The third-order valence-corrected chi connectivity index (χ3v) is 2.37. The number of hydrogen-bond acceptors (Lipinski definition) is 1. The number of rotatable bonds is 2. The first-order valence-electron chi connectivity index (χ1n) is 5.32. The van der Waals surface area contributed by atoms with Crippen molar-refractivity contribution in [2.24, 2.45) is 0 Å². The molecule has 0 aromatic heterocycles. The number of hydrogen-bond donors (Lipinski definition) is 1. The molecule has 0 saturated carbocycles. The highest BCUT2D eigenvalue weighted by atomic mass is 19.1. The fourth-order valence-electron chi connectivity index (χ4n) is 1.52. The van der Waals surface area contributed by atoms with Crippen LogP contribution in [0.5, 0.6) is 0 Å². The molecule has 1 N–H and O–H groups in total. The molecular weight excluding hydrogens is 229 g/mol. The van der Waals surface area contributed by atoms with Crippen LogP contribution in [0.25, 0.3) is 0 Å². The lowest BCUT2D eigenvalue weighted by atomic mass is 10.2. The zero-order valence-corrected chi connectivity index (χ0v) is 9.48. The third kappa shape index (κ3) is 2.74. The average Bonchev–Trinajstić information content (AvgIpc) is 2.39. The van der Waals surface area contributed by atoms with E-state index in [2.05, 4.69) is 11.2 Å². The number of terminal acetylenes is 1. The van der Waals surface area contributed by atoms with Crippen LogP contribution in [0.15, 0.2) is 48.5 Å². The number of nitrogens with one attached hydrogen (secondary N) is 1. The molecule has 2 rings (SSSR count). The molecule has 0 bridgehead atoms. The smallest absolute Gasteiger partial charge is 0.255 e. The van der Waals surface area contributed by atoms with Gasteiger partial charge in [-0.05, 0) is 36.4 Å². The second-order valence-electron chi connectivity index (χ2n) is 3.69. The van der Waals surface area contributed by atoms with Gasteiger partial charge in [-0.15, -0.1) is 6.42 Å². The molecule has 0 unspecified atom stereocenters. The first-order chi connectivity index (χ1) is 8.69. The van der Waals surface area contributed by atoms with E-state index < -0.39 is 5.82 Å². The second-order valence-corrected chi connectivity index (χ2v) is 3.69. The van der Waals surface area contributed by atoms with Gasteiger partial charge in [0.1, 0.15) is 5.82 Å². The SMILES string of the molecule is C#Cc1cccc(NC(=O)c2cccc(F)c2)c1. The van der Waals surface area contributed by atoms with Crippen LogP contribution in [-0.4, -0.2) is 5.91 Å². The molecule has 0 aliphatic rings. The summed E-state index contributed by atoms with van der Waals surface area (Å²) in [5.74, 6) is 1.66. The van der Waals surface area contributed by atoms with Crippen molar-refractivity contribution in [1.82, 2.24) is 0 Å². The molecule has 2 aromatic carbocycles. The summed E-state index contributed by atoms with van der Waals surface area (Å²) in [5.41, 5.74) is 1.52. The van der Waals surface area contributed by atoms with Crippen LogP contribution >= 0.6 is 0 Å². The van der Waals surface area contributed by atoms with Crippen molar-refractivity contribution in [1.29, 1.82) is 0 Å². The van der Waals surface area contributed by atoms with Crippen LogP contribution in [0.3, 0.4) is 0 Å². The Bertz CT molecular complexity index is 628. The van der Waals surface area contributed by atoms with Gasteiger partial charge in [0.05, 0.1) is 0 Å². The maximum absolute atomic E-state index is 13.0. The van der Waals surface area contributed by atoms with Gasteiger partial charge < -0.3 is 5.32 Å². The summed E-state index contributed by atoms with van der Waals surface area (Å²) < 4.78 is 13.0. The standard InChI is InChI=1S/C15H10FNO/c1-2-11-5-3-8-14(9-11)17-15(18)12-6-4-7-13(16)10-12/h1,3-10H,(H,17,18). The molecular formula is C15H10FNO. The van der Waals surface area contributed by atoms with E-state index in [9.17, 15) is 9.18 Å². The van der Waals surface area contributed by atoms with Gasteiger partial charge in [0.25, 0.3) is 5.91 Å². The van der Waals surface area contributed by atoms with Gasteiger partial charge in [0, 0.05) is 16.8 Å². The molecule has 0 fully saturated rings. The average molecular weight is 239 g/mol. The lowest BCUT2D eigenvalue weighted by Gasteiger charge is -2.05. The third-order valence-electron chi connectivity index (χ3n) is 2.37. The number of anilines is 1. The molecule has 0 aliphatic heterocycles. The van der Waals surface area contributed by atoms with Crippen LogP contribution < -0.4 is 5.32 Å². The minimum absolute atomic E-state index is 0.265. The van der Waals surface area contributed by atoms with Crippen molar-refractivity contribution in [3.05, 3.63) is 65.5 Å². The van der Waals surface area contributed by atoms with E-state index >= 15 is 0 Å². The van der Waals surface area contributed by atoms with Gasteiger partial charge in [-0.25, -0.2) is 4.39 Å². The van der Waals surface area contributed by atoms with Crippen molar-refractivity contribution in [3.8, 4) is 12.3 Å². The lowest BCUT2D eigenvalue weighted by molar-refractivity contribution is 0.102. The summed E-state index contributed by atoms with van der Waals surface area (Å²) in [6.45, 7) is 0. The summed E-state index contributed by atoms with van der Waals surface area (Å²) in [6, 6.07) is 12.4. The van der Waals surface area contributed by atoms with Crippen LogP contribution in [0, 0.1) is 18.2 Å². The number of amides is 1. The minimum Gasteiger partial charge on any atom is -0.322 e. The maximum Gasteiger partial charge on any atom is 0.255 e. The van der Waals surface area contributed by atoms with E-state index in [4.69, 9.17) is 6.42 Å². The number of carbonyl (C=O) groups is 1. The predicted octanol–water partition coefficient (Wildman–Crippen LogP) is 3.06. The number of halogens is 1. The maximum atomic E-state index is 13.0. The topological polar surface area (TPSA) is 29.1 Å².